The Morgan fingerprint density at radius 3 is 2.03 bits per heavy atom. The van der Waals surface area contributed by atoms with Gasteiger partial charge in [-0.15, -0.1) is 0 Å². The third-order valence-corrected chi connectivity index (χ3v) is 9.28. The fourth-order valence-corrected chi connectivity index (χ4v) is 7.33. The van der Waals surface area contributed by atoms with Crippen molar-refractivity contribution in [3.8, 4) is 11.8 Å². The van der Waals surface area contributed by atoms with Crippen LogP contribution in [0.25, 0.3) is 10.8 Å². The van der Waals surface area contributed by atoms with E-state index in [2.05, 4.69) is 6.92 Å². The smallest absolute Gasteiger partial charge is 0.206 e. The van der Waals surface area contributed by atoms with Crippen LogP contribution in [0.2, 0.25) is 0 Å². The third kappa shape index (κ3) is 5.27. The number of rotatable bonds is 2. The van der Waals surface area contributed by atoms with Crippen molar-refractivity contribution >= 4 is 10.8 Å². The monoisotopic (exact) mass is 506 g/mol. The van der Waals surface area contributed by atoms with Crippen LogP contribution in [0.4, 0.5) is 26.3 Å². The fraction of sp³-hybridized carbons (Fsp3) is 0.600. The average molecular weight is 507 g/mol. The Bertz CT molecular complexity index is 1180. The van der Waals surface area contributed by atoms with Crippen LogP contribution < -0.4 is 0 Å². The minimum Gasteiger partial charge on any atom is -0.206 e. The molecule has 3 aliphatic carbocycles. The van der Waals surface area contributed by atoms with Crippen molar-refractivity contribution in [3.05, 3.63) is 46.8 Å². The second kappa shape index (κ2) is 9.95. The largest absolute Gasteiger partial charge is 0.458 e. The molecule has 0 nitrogen and oxygen atoms in total. The van der Waals surface area contributed by atoms with Gasteiger partial charge in [-0.1, -0.05) is 31.8 Å². The lowest BCUT2D eigenvalue weighted by molar-refractivity contribution is -0.0696. The van der Waals surface area contributed by atoms with Crippen molar-refractivity contribution in [2.75, 3.05) is 0 Å². The standard InChI is InChI=1S/C30H32F6/c1-17-2-4-18(5-3-17)19-6-7-21-13-22(9-8-20(21)12-19)23-14-24-16-26(31)25(10-11-30(34,35)36)29(33)28(24)27(32)15-23/h14-22H,2-9,12-13H2,1H3. The number of benzene rings is 2. The first-order valence-corrected chi connectivity index (χ1v) is 13.3. The molecule has 4 unspecified atom stereocenters. The normalized spacial score (nSPS) is 31.0. The van der Waals surface area contributed by atoms with E-state index in [1.54, 1.807) is 6.07 Å². The van der Waals surface area contributed by atoms with Crippen molar-refractivity contribution in [1.82, 2.24) is 0 Å². The van der Waals surface area contributed by atoms with Gasteiger partial charge in [0, 0.05) is 5.92 Å². The summed E-state index contributed by atoms with van der Waals surface area (Å²) in [5.41, 5.74) is -0.342. The summed E-state index contributed by atoms with van der Waals surface area (Å²) in [4.78, 5) is 0. The second-order valence-electron chi connectivity index (χ2n) is 11.5. The molecule has 194 valence electrons. The number of hydrogen-bond donors (Lipinski definition) is 0. The maximum Gasteiger partial charge on any atom is 0.458 e. The zero-order valence-electron chi connectivity index (χ0n) is 20.5. The molecule has 3 saturated carbocycles. The van der Waals surface area contributed by atoms with Gasteiger partial charge in [0.15, 0.2) is 5.82 Å². The fourth-order valence-electron chi connectivity index (χ4n) is 7.33. The molecule has 0 aliphatic heterocycles. The molecule has 4 atom stereocenters. The Hall–Kier alpha value is -2.16. The predicted octanol–water partition coefficient (Wildman–Crippen LogP) is 9.30. The van der Waals surface area contributed by atoms with E-state index in [1.165, 1.54) is 56.9 Å². The number of fused-ring (bicyclic) bond motifs is 2. The van der Waals surface area contributed by atoms with Gasteiger partial charge in [-0.05, 0) is 110 Å². The highest BCUT2D eigenvalue weighted by Crippen LogP contribution is 2.51. The topological polar surface area (TPSA) is 0 Å². The Kier molecular flexibility index (Phi) is 7.05. The van der Waals surface area contributed by atoms with Crippen LogP contribution in [0.15, 0.2) is 18.2 Å². The molecule has 0 amide bonds. The Balaban J connectivity index is 1.33. The molecule has 0 N–H and O–H groups in total. The van der Waals surface area contributed by atoms with E-state index >= 15 is 4.39 Å². The molecule has 2 aromatic carbocycles. The van der Waals surface area contributed by atoms with E-state index in [1.807, 2.05) is 0 Å². The Morgan fingerprint density at radius 1 is 0.722 bits per heavy atom. The zero-order valence-corrected chi connectivity index (χ0v) is 20.5. The summed E-state index contributed by atoms with van der Waals surface area (Å²) < 4.78 is 81.6. The number of hydrogen-bond acceptors (Lipinski definition) is 0. The van der Waals surface area contributed by atoms with Gasteiger partial charge in [-0.25, -0.2) is 13.2 Å². The molecular formula is C30H32F6. The lowest BCUT2D eigenvalue weighted by Gasteiger charge is -2.45. The van der Waals surface area contributed by atoms with Crippen molar-refractivity contribution in [2.24, 2.45) is 29.6 Å². The molecule has 0 bridgehead atoms. The summed E-state index contributed by atoms with van der Waals surface area (Å²) in [5.74, 6) is 2.84. The molecule has 0 aromatic heterocycles. The summed E-state index contributed by atoms with van der Waals surface area (Å²) in [5, 5.41) is -0.488. The molecule has 3 fully saturated rings. The van der Waals surface area contributed by atoms with Gasteiger partial charge in [-0.2, -0.15) is 13.2 Å². The summed E-state index contributed by atoms with van der Waals surface area (Å²) in [7, 11) is 0. The van der Waals surface area contributed by atoms with E-state index in [9.17, 15) is 22.0 Å². The van der Waals surface area contributed by atoms with Crippen molar-refractivity contribution in [2.45, 2.75) is 83.2 Å². The summed E-state index contributed by atoms with van der Waals surface area (Å²) >= 11 is 0. The van der Waals surface area contributed by atoms with Gasteiger partial charge in [0.25, 0.3) is 0 Å². The van der Waals surface area contributed by atoms with E-state index in [0.29, 0.717) is 11.8 Å². The lowest BCUT2D eigenvalue weighted by atomic mass is 9.60. The first kappa shape index (κ1) is 25.5. The molecule has 0 spiro atoms. The maximum atomic E-state index is 15.0. The predicted molar refractivity (Wildman–Crippen MR) is 129 cm³/mol. The molecule has 0 radical (unpaired) electrons. The third-order valence-electron chi connectivity index (χ3n) is 9.28. The highest BCUT2D eigenvalue weighted by Gasteiger charge is 2.39. The molecule has 2 aromatic rings. The second-order valence-corrected chi connectivity index (χ2v) is 11.5. The van der Waals surface area contributed by atoms with Gasteiger partial charge in [0.2, 0.25) is 0 Å². The SMILES string of the molecule is CC1CCC(C2CCC3CC(c4cc(F)c5c(F)c(C#CC(F)(F)F)c(F)cc5c4)CCC3C2)CC1. The maximum absolute atomic E-state index is 15.0. The number of alkyl halides is 3. The van der Waals surface area contributed by atoms with Crippen molar-refractivity contribution in [3.63, 3.8) is 0 Å². The van der Waals surface area contributed by atoms with Crippen LogP contribution in [-0.2, 0) is 0 Å². The van der Waals surface area contributed by atoms with E-state index in [-0.39, 0.29) is 11.3 Å². The molecular weight excluding hydrogens is 474 g/mol. The van der Waals surface area contributed by atoms with Crippen molar-refractivity contribution in [1.29, 1.82) is 0 Å². The van der Waals surface area contributed by atoms with Crippen LogP contribution in [0.5, 0.6) is 0 Å². The number of halogens is 6. The average Bonchev–Trinajstić information content (AvgIpc) is 2.82. The first-order valence-electron chi connectivity index (χ1n) is 13.3. The van der Waals surface area contributed by atoms with Gasteiger partial charge >= 0.3 is 6.18 Å². The Labute approximate surface area is 208 Å². The molecule has 3 aliphatic rings. The minimum atomic E-state index is -4.90. The first-order chi connectivity index (χ1) is 17.1. The molecule has 0 saturated heterocycles. The Morgan fingerprint density at radius 2 is 1.33 bits per heavy atom. The van der Waals surface area contributed by atoms with Crippen LogP contribution in [0.3, 0.4) is 0 Å². The summed E-state index contributed by atoms with van der Waals surface area (Å²) in [6.45, 7) is 2.35. The van der Waals surface area contributed by atoms with Gasteiger partial charge in [-0.3, -0.25) is 0 Å². The minimum absolute atomic E-state index is 0.0231. The van der Waals surface area contributed by atoms with Crippen LogP contribution in [0, 0.1) is 58.9 Å². The van der Waals surface area contributed by atoms with Crippen LogP contribution >= 0.6 is 0 Å². The van der Waals surface area contributed by atoms with Gasteiger partial charge in [0.1, 0.15) is 11.6 Å². The highest BCUT2D eigenvalue weighted by molar-refractivity contribution is 5.86. The van der Waals surface area contributed by atoms with E-state index < -0.39 is 34.6 Å². The van der Waals surface area contributed by atoms with E-state index in [0.717, 1.165) is 54.6 Å². The van der Waals surface area contributed by atoms with E-state index in [4.69, 9.17) is 0 Å². The highest BCUT2D eigenvalue weighted by atomic mass is 19.4. The zero-order chi connectivity index (χ0) is 25.6. The molecule has 0 heterocycles. The van der Waals surface area contributed by atoms with Crippen molar-refractivity contribution < 1.29 is 26.3 Å². The molecule has 6 heteroatoms. The molecule has 5 rings (SSSR count). The molecule has 36 heavy (non-hydrogen) atoms. The lowest BCUT2D eigenvalue weighted by Crippen LogP contribution is -2.34. The summed E-state index contributed by atoms with van der Waals surface area (Å²) in [6.07, 6.45) is 7.22. The summed E-state index contributed by atoms with van der Waals surface area (Å²) in [6, 6.07) is 3.78. The van der Waals surface area contributed by atoms with Gasteiger partial charge in [0.05, 0.1) is 10.9 Å². The van der Waals surface area contributed by atoms with Crippen LogP contribution in [-0.4, -0.2) is 6.18 Å². The van der Waals surface area contributed by atoms with Gasteiger partial charge < -0.3 is 0 Å². The van der Waals surface area contributed by atoms with Crippen LogP contribution in [0.1, 0.15) is 88.2 Å². The quantitative estimate of drug-likeness (QED) is 0.281.